The quantitative estimate of drug-likeness (QED) is 0.0814. The van der Waals surface area contributed by atoms with Crippen LogP contribution < -0.4 is 10.6 Å². The summed E-state index contributed by atoms with van der Waals surface area (Å²) in [5.74, 6) is -2.90. The van der Waals surface area contributed by atoms with Gasteiger partial charge in [0.2, 0.25) is 0 Å². The molecular formula is C36H39N5O10S3. The minimum Gasteiger partial charge on any atom is -0.448 e. The summed E-state index contributed by atoms with van der Waals surface area (Å²) in [6, 6.07) is 16.7. The number of oxime groups is 1. The first-order valence-electron chi connectivity index (χ1n) is 17.1. The van der Waals surface area contributed by atoms with Gasteiger partial charge in [-0.25, -0.2) is 14.6 Å². The number of hydrogen-bond donors (Lipinski definition) is 2. The normalized spacial score (nSPS) is 19.2. The number of β-lactam (4-membered cyclic amide) rings is 1. The highest BCUT2D eigenvalue weighted by molar-refractivity contribution is 8.00. The second-order valence-corrected chi connectivity index (χ2v) is 17.2. The standard InChI is InChI=1S/C36H39N5O10S3/c1-36(2,3)49-35(45)39-34-37-24(19-53-34)26(40-50-23-17-11-12-18-23)30(42)38-27-31(43)41-28(25(20-52-32(27)41)51-54(4,46)47)33(44)48-29(21-13-7-5-8-14-21)22-15-9-6-10-16-22/h5-10,13-16,19,23,27,29,32H,11-12,17-18,20H2,1-4H3,(H,38,42)(H,37,39,45)/b40-26-/t27-,32+/m1/s1. The number of nitrogens with zero attached hydrogens (tertiary/aromatic N) is 3. The minimum atomic E-state index is -4.12. The molecule has 2 atom stereocenters. The molecule has 1 saturated heterocycles. The second kappa shape index (κ2) is 16.2. The largest absolute Gasteiger partial charge is 0.448 e. The van der Waals surface area contributed by atoms with Crippen LogP contribution in [0.4, 0.5) is 9.93 Å². The van der Waals surface area contributed by atoms with Gasteiger partial charge in [0.05, 0.1) is 12.0 Å². The van der Waals surface area contributed by atoms with Crippen molar-refractivity contribution in [3.8, 4) is 0 Å². The maximum absolute atomic E-state index is 14.0. The fourth-order valence-electron chi connectivity index (χ4n) is 5.94. The van der Waals surface area contributed by atoms with E-state index >= 15 is 0 Å². The lowest BCUT2D eigenvalue weighted by atomic mass is 10.0. The van der Waals surface area contributed by atoms with Gasteiger partial charge in [-0.15, -0.1) is 23.1 Å². The van der Waals surface area contributed by atoms with Crippen molar-refractivity contribution in [1.82, 2.24) is 15.2 Å². The van der Waals surface area contributed by atoms with E-state index in [1.807, 2.05) is 12.1 Å². The van der Waals surface area contributed by atoms with Crippen molar-refractivity contribution in [3.05, 3.63) is 94.3 Å². The Hall–Kier alpha value is -4.94. The number of benzene rings is 2. The van der Waals surface area contributed by atoms with Gasteiger partial charge >= 0.3 is 22.2 Å². The molecule has 6 rings (SSSR count). The summed E-state index contributed by atoms with van der Waals surface area (Å²) in [4.78, 5) is 65.3. The summed E-state index contributed by atoms with van der Waals surface area (Å²) in [5.41, 5.74) is 0.00881. The molecule has 3 aliphatic rings. The number of carbonyl (C=O) groups is 4. The van der Waals surface area contributed by atoms with E-state index in [0.29, 0.717) is 11.1 Å². The number of esters is 1. The monoisotopic (exact) mass is 797 g/mol. The Morgan fingerprint density at radius 2 is 1.63 bits per heavy atom. The molecule has 54 heavy (non-hydrogen) atoms. The number of anilines is 1. The number of hydrogen-bond acceptors (Lipinski definition) is 14. The number of fused-ring (bicyclic) bond motifs is 1. The summed E-state index contributed by atoms with van der Waals surface area (Å²) >= 11 is 2.13. The number of amides is 3. The molecule has 0 radical (unpaired) electrons. The van der Waals surface area contributed by atoms with Crippen LogP contribution in [0.15, 0.2) is 82.7 Å². The molecule has 15 nitrogen and oxygen atoms in total. The maximum Gasteiger partial charge on any atom is 0.413 e. The molecule has 2 N–H and O–H groups in total. The number of thiazole rings is 1. The number of carbonyl (C=O) groups excluding carboxylic acids is 4. The smallest absolute Gasteiger partial charge is 0.413 e. The van der Waals surface area contributed by atoms with Crippen LogP contribution in [-0.4, -0.2) is 83.0 Å². The van der Waals surface area contributed by atoms with E-state index in [1.54, 1.807) is 69.3 Å². The zero-order valence-corrected chi connectivity index (χ0v) is 32.3. The van der Waals surface area contributed by atoms with Crippen molar-refractivity contribution < 1.29 is 46.1 Å². The number of aromatic nitrogens is 1. The zero-order valence-electron chi connectivity index (χ0n) is 29.8. The molecule has 1 saturated carbocycles. The van der Waals surface area contributed by atoms with Gasteiger partial charge in [0.1, 0.15) is 28.8 Å². The second-order valence-electron chi connectivity index (χ2n) is 13.6. The third-order valence-electron chi connectivity index (χ3n) is 8.26. The van der Waals surface area contributed by atoms with Gasteiger partial charge in [0.15, 0.2) is 28.4 Å². The van der Waals surface area contributed by atoms with Crippen molar-refractivity contribution in [2.24, 2.45) is 5.16 Å². The predicted octanol–water partition coefficient (Wildman–Crippen LogP) is 5.07. The average Bonchev–Trinajstić information content (AvgIpc) is 3.81. The van der Waals surface area contributed by atoms with Gasteiger partial charge in [-0.2, -0.15) is 8.42 Å². The van der Waals surface area contributed by atoms with E-state index in [0.717, 1.165) is 59.9 Å². The average molecular weight is 798 g/mol. The first kappa shape index (κ1) is 38.8. The Morgan fingerprint density at radius 3 is 2.22 bits per heavy atom. The van der Waals surface area contributed by atoms with Gasteiger partial charge in [0.25, 0.3) is 11.8 Å². The Bertz CT molecular complexity index is 2020. The Morgan fingerprint density at radius 1 is 1.00 bits per heavy atom. The van der Waals surface area contributed by atoms with Crippen LogP contribution in [0.2, 0.25) is 0 Å². The van der Waals surface area contributed by atoms with Crippen LogP contribution in [0.1, 0.15) is 69.4 Å². The van der Waals surface area contributed by atoms with Gasteiger partial charge in [0, 0.05) is 5.38 Å². The highest BCUT2D eigenvalue weighted by atomic mass is 32.2. The summed E-state index contributed by atoms with van der Waals surface area (Å²) in [5, 5.41) is 10.2. The topological polar surface area (TPSA) is 192 Å². The van der Waals surface area contributed by atoms with E-state index in [1.165, 1.54) is 5.38 Å². The Kier molecular flexibility index (Phi) is 11.6. The lowest BCUT2D eigenvalue weighted by Crippen LogP contribution is -2.71. The molecule has 2 aromatic carbocycles. The van der Waals surface area contributed by atoms with E-state index < -0.39 is 57.1 Å². The summed E-state index contributed by atoms with van der Waals surface area (Å²) in [6.45, 7) is 5.16. The molecule has 286 valence electrons. The molecule has 3 aromatic rings. The molecule has 18 heteroatoms. The van der Waals surface area contributed by atoms with Crippen molar-refractivity contribution in [3.63, 3.8) is 0 Å². The van der Waals surface area contributed by atoms with Gasteiger partial charge in [-0.05, 0) is 57.6 Å². The predicted molar refractivity (Wildman–Crippen MR) is 201 cm³/mol. The SMILES string of the molecule is CC(C)(C)OC(=O)Nc1nc(/C(=N/OC2CCCC2)C(=O)N[C@@H]2C(=O)N3C(C(=O)OC(c4ccccc4)c4ccccc4)=C(OS(C)(=O)=O)CS[C@@H]23)cs1. The van der Waals surface area contributed by atoms with Gasteiger partial charge < -0.3 is 23.8 Å². The molecule has 0 spiro atoms. The van der Waals surface area contributed by atoms with Crippen molar-refractivity contribution >= 4 is 67.9 Å². The number of ether oxygens (including phenoxy) is 2. The third kappa shape index (κ3) is 9.40. The van der Waals surface area contributed by atoms with E-state index in [2.05, 4.69) is 20.8 Å². The first-order chi connectivity index (χ1) is 25.7. The van der Waals surface area contributed by atoms with Crippen LogP contribution in [0.5, 0.6) is 0 Å². The lowest BCUT2D eigenvalue weighted by molar-refractivity contribution is -0.154. The summed E-state index contributed by atoms with van der Waals surface area (Å²) < 4.78 is 41.1. The minimum absolute atomic E-state index is 0.0855. The summed E-state index contributed by atoms with van der Waals surface area (Å²) in [6.07, 6.45) is 2.41. The van der Waals surface area contributed by atoms with Crippen molar-refractivity contribution in [2.45, 2.75) is 75.7 Å². The summed E-state index contributed by atoms with van der Waals surface area (Å²) in [7, 11) is -4.12. The van der Waals surface area contributed by atoms with Crippen LogP contribution in [0.25, 0.3) is 0 Å². The van der Waals surface area contributed by atoms with Gasteiger partial charge in [-0.1, -0.05) is 65.8 Å². The van der Waals surface area contributed by atoms with Crippen LogP contribution in [0, 0.1) is 0 Å². The van der Waals surface area contributed by atoms with E-state index in [4.69, 9.17) is 18.5 Å². The molecule has 3 heterocycles. The van der Waals surface area contributed by atoms with Gasteiger partial charge in [-0.3, -0.25) is 19.8 Å². The Labute approximate surface area is 320 Å². The number of nitrogens with one attached hydrogen (secondary N) is 2. The highest BCUT2D eigenvalue weighted by Gasteiger charge is 2.56. The fraction of sp³-hybridized carbons (Fsp3) is 0.389. The van der Waals surface area contributed by atoms with E-state index in [9.17, 15) is 27.6 Å². The molecule has 2 aliphatic heterocycles. The molecule has 1 aliphatic carbocycles. The molecule has 0 bridgehead atoms. The first-order valence-corrected chi connectivity index (χ1v) is 20.8. The van der Waals surface area contributed by atoms with E-state index in [-0.39, 0.29) is 39.9 Å². The molecule has 2 fully saturated rings. The molecular weight excluding hydrogens is 759 g/mol. The molecule has 3 amide bonds. The van der Waals surface area contributed by atoms with Crippen LogP contribution >= 0.6 is 23.1 Å². The number of thioether (sulfide) groups is 1. The molecule has 0 unspecified atom stereocenters. The highest BCUT2D eigenvalue weighted by Crippen LogP contribution is 2.42. The maximum atomic E-state index is 14.0. The third-order valence-corrected chi connectivity index (χ3v) is 10.8. The number of rotatable bonds is 12. The fourth-order valence-corrected chi connectivity index (χ4v) is 8.45. The molecule has 1 aromatic heterocycles. The van der Waals surface area contributed by atoms with Crippen molar-refractivity contribution in [2.75, 3.05) is 17.3 Å². The zero-order chi connectivity index (χ0) is 38.6. The van der Waals surface area contributed by atoms with Crippen molar-refractivity contribution in [1.29, 1.82) is 0 Å². The Balaban J connectivity index is 1.24. The lowest BCUT2D eigenvalue weighted by Gasteiger charge is -2.49. The van der Waals surface area contributed by atoms with Crippen LogP contribution in [-0.2, 0) is 43.0 Å². The van der Waals surface area contributed by atoms with Crippen LogP contribution in [0.3, 0.4) is 0 Å².